The molecule has 0 aromatic carbocycles. The number of sulfonamides is 1. The van der Waals surface area contributed by atoms with Crippen molar-refractivity contribution < 1.29 is 36.2 Å². The Morgan fingerprint density at radius 2 is 1.91 bits per heavy atom. The molecule has 0 radical (unpaired) electrons. The van der Waals surface area contributed by atoms with Gasteiger partial charge in [-0.2, -0.15) is 21.6 Å². The van der Waals surface area contributed by atoms with Crippen LogP contribution in [0.15, 0.2) is 41.6 Å². The SMILES string of the molecule is CC1(C)CC2CCCNc3nc(ccc3O)S(=O)(=O)NC(=O)c3ccc(-n4ccc(OCCCC5(C(F)(F)F)CC5)n4)nc3N1C2. The van der Waals surface area contributed by atoms with Crippen molar-refractivity contribution in [3.05, 3.63) is 42.1 Å². The molecule has 248 valence electrons. The maximum absolute atomic E-state index is 13.6. The Hall–Kier alpha value is -4.08. The lowest BCUT2D eigenvalue weighted by Gasteiger charge is -2.34. The lowest BCUT2D eigenvalue weighted by molar-refractivity contribution is -0.189. The number of anilines is 2. The number of nitrogens with zero attached hydrogens (tertiary/aromatic N) is 5. The van der Waals surface area contributed by atoms with Crippen LogP contribution in [0.25, 0.3) is 5.82 Å². The number of carbonyl (C=O) groups excluding carboxylic acids is 1. The third-order valence-electron chi connectivity index (χ3n) is 9.06. The summed E-state index contributed by atoms with van der Waals surface area (Å²) in [4.78, 5) is 24.4. The molecule has 3 N–H and O–H groups in total. The molecule has 1 saturated heterocycles. The number of ether oxygens (including phenoxy) is 1. The van der Waals surface area contributed by atoms with Crippen LogP contribution in [0.1, 0.15) is 69.2 Å². The molecule has 6 rings (SSSR count). The van der Waals surface area contributed by atoms with E-state index < -0.39 is 38.1 Å². The van der Waals surface area contributed by atoms with Gasteiger partial charge in [0.15, 0.2) is 22.4 Å². The summed E-state index contributed by atoms with van der Waals surface area (Å²) in [6.45, 7) is 5.19. The quantitative estimate of drug-likeness (QED) is 0.314. The fourth-order valence-electron chi connectivity index (χ4n) is 6.37. The Kier molecular flexibility index (Phi) is 8.05. The smallest absolute Gasteiger partial charge is 0.394 e. The van der Waals surface area contributed by atoms with Crippen LogP contribution in [-0.4, -0.2) is 70.6 Å². The number of amides is 1. The Balaban J connectivity index is 1.27. The number of carbonyl (C=O) groups is 1. The van der Waals surface area contributed by atoms with Crippen molar-refractivity contribution in [3.8, 4) is 17.4 Å². The van der Waals surface area contributed by atoms with E-state index in [1.807, 2.05) is 18.7 Å². The minimum Gasteiger partial charge on any atom is -0.504 e. The minimum absolute atomic E-state index is 0.00840. The molecule has 1 unspecified atom stereocenters. The molecule has 1 atom stereocenters. The van der Waals surface area contributed by atoms with Gasteiger partial charge in [0.05, 0.1) is 17.6 Å². The number of hydrogen-bond donors (Lipinski definition) is 3. The molecule has 12 nitrogen and oxygen atoms in total. The average molecular weight is 664 g/mol. The van der Waals surface area contributed by atoms with Gasteiger partial charge in [-0.25, -0.2) is 19.4 Å². The zero-order chi connectivity index (χ0) is 32.9. The first-order chi connectivity index (χ1) is 21.7. The number of pyridine rings is 2. The Bertz CT molecular complexity index is 1740. The molecule has 1 saturated carbocycles. The standard InChI is InChI=1S/C30H36F3N7O5S/c1-28(2)17-19-5-3-14-34-25-21(41)7-9-24(36-25)46(43,44)38-27(42)20-6-8-22(35-26(20)39(28)18-19)40-15-10-23(37-40)45-16-4-11-29(12-13-29)30(31,32)33/h6-10,15,19,41H,3-5,11-14,16-18H2,1-2H3,(H,34,36)(H,38,42). The first-order valence-corrected chi connectivity index (χ1v) is 16.7. The minimum atomic E-state index is -4.42. The van der Waals surface area contributed by atoms with E-state index in [4.69, 9.17) is 9.72 Å². The number of aromatic nitrogens is 4. The maximum Gasteiger partial charge on any atom is 0.394 e. The van der Waals surface area contributed by atoms with Gasteiger partial charge in [-0.3, -0.25) is 4.79 Å². The van der Waals surface area contributed by atoms with E-state index in [0.717, 1.165) is 25.3 Å². The van der Waals surface area contributed by atoms with Gasteiger partial charge in [0, 0.05) is 30.9 Å². The average Bonchev–Trinajstić information content (AvgIpc) is 3.54. The van der Waals surface area contributed by atoms with E-state index in [1.54, 1.807) is 12.3 Å². The fraction of sp³-hybridized carbons (Fsp3) is 0.533. The van der Waals surface area contributed by atoms with Gasteiger partial charge in [-0.1, -0.05) is 0 Å². The molecule has 1 amide bonds. The topological polar surface area (TPSA) is 152 Å². The summed E-state index contributed by atoms with van der Waals surface area (Å²) < 4.78 is 75.2. The summed E-state index contributed by atoms with van der Waals surface area (Å²) in [6.07, 6.45) is 0.309. The van der Waals surface area contributed by atoms with Crippen LogP contribution in [0.5, 0.6) is 11.6 Å². The molecule has 5 heterocycles. The van der Waals surface area contributed by atoms with E-state index in [9.17, 15) is 31.5 Å². The third kappa shape index (κ3) is 6.31. The van der Waals surface area contributed by atoms with Gasteiger partial charge in [-0.05, 0) is 89.0 Å². The summed E-state index contributed by atoms with van der Waals surface area (Å²) >= 11 is 0. The number of rotatable bonds is 6. The molecule has 46 heavy (non-hydrogen) atoms. The van der Waals surface area contributed by atoms with Crippen molar-refractivity contribution in [1.82, 2.24) is 24.5 Å². The second-order valence-corrected chi connectivity index (χ2v) is 14.5. The maximum atomic E-state index is 13.6. The predicted octanol–water partition coefficient (Wildman–Crippen LogP) is 4.80. The van der Waals surface area contributed by atoms with Crippen molar-refractivity contribution in [2.45, 2.75) is 75.5 Å². The van der Waals surface area contributed by atoms with Crippen LogP contribution in [0, 0.1) is 11.3 Å². The van der Waals surface area contributed by atoms with Crippen LogP contribution < -0.4 is 19.7 Å². The highest BCUT2D eigenvalue weighted by atomic mass is 32.2. The highest BCUT2D eigenvalue weighted by molar-refractivity contribution is 7.90. The fourth-order valence-corrected chi connectivity index (χ4v) is 7.28. The van der Waals surface area contributed by atoms with Crippen LogP contribution in [0.3, 0.4) is 0 Å². The van der Waals surface area contributed by atoms with E-state index in [2.05, 4.69) is 20.1 Å². The summed E-state index contributed by atoms with van der Waals surface area (Å²) in [5.74, 6) is -0.00356. The number of halogens is 3. The second kappa shape index (κ2) is 11.6. The Morgan fingerprint density at radius 1 is 1.13 bits per heavy atom. The van der Waals surface area contributed by atoms with Crippen LogP contribution in [-0.2, 0) is 10.0 Å². The van der Waals surface area contributed by atoms with Gasteiger partial charge in [0.2, 0.25) is 5.88 Å². The number of nitrogens with one attached hydrogen (secondary N) is 2. The molecular weight excluding hydrogens is 627 g/mol. The number of fused-ring (bicyclic) bond motifs is 6. The largest absolute Gasteiger partial charge is 0.504 e. The van der Waals surface area contributed by atoms with Gasteiger partial charge in [0.1, 0.15) is 5.82 Å². The van der Waals surface area contributed by atoms with E-state index in [-0.39, 0.29) is 67.0 Å². The monoisotopic (exact) mass is 663 g/mol. The van der Waals surface area contributed by atoms with Crippen molar-refractivity contribution in [3.63, 3.8) is 0 Å². The molecule has 3 aromatic rings. The third-order valence-corrected chi connectivity index (χ3v) is 10.3. The summed E-state index contributed by atoms with van der Waals surface area (Å²) in [5.41, 5.74) is -1.97. The lowest BCUT2D eigenvalue weighted by Crippen LogP contribution is -2.41. The molecule has 2 aliphatic heterocycles. The summed E-state index contributed by atoms with van der Waals surface area (Å²) in [5, 5.41) is 17.2. The molecular formula is C30H36F3N7O5S. The van der Waals surface area contributed by atoms with Gasteiger partial charge in [-0.15, -0.1) is 5.10 Å². The van der Waals surface area contributed by atoms with E-state index >= 15 is 0 Å². The summed E-state index contributed by atoms with van der Waals surface area (Å²) in [7, 11) is -4.42. The molecule has 1 aliphatic carbocycles. The zero-order valence-electron chi connectivity index (χ0n) is 25.5. The van der Waals surface area contributed by atoms with Crippen molar-refractivity contribution >= 4 is 27.6 Å². The molecule has 3 aliphatic rings. The predicted molar refractivity (Wildman–Crippen MR) is 162 cm³/mol. The second-order valence-electron chi connectivity index (χ2n) is 12.9. The molecule has 4 bridgehead atoms. The zero-order valence-corrected chi connectivity index (χ0v) is 26.3. The lowest BCUT2D eigenvalue weighted by atomic mass is 9.93. The van der Waals surface area contributed by atoms with Crippen molar-refractivity contribution in [2.75, 3.05) is 29.9 Å². The number of hydrogen-bond acceptors (Lipinski definition) is 10. The highest BCUT2D eigenvalue weighted by Crippen LogP contribution is 2.60. The van der Waals surface area contributed by atoms with Gasteiger partial charge < -0.3 is 20.1 Å². The first kappa shape index (κ1) is 31.9. The van der Waals surface area contributed by atoms with Gasteiger partial charge in [0.25, 0.3) is 15.9 Å². The molecule has 0 spiro atoms. The Morgan fingerprint density at radius 3 is 2.65 bits per heavy atom. The molecule has 2 fully saturated rings. The highest BCUT2D eigenvalue weighted by Gasteiger charge is 2.62. The molecule has 3 aromatic heterocycles. The first-order valence-electron chi connectivity index (χ1n) is 15.2. The van der Waals surface area contributed by atoms with Crippen LogP contribution in [0.4, 0.5) is 24.8 Å². The Labute approximate surface area is 264 Å². The van der Waals surface area contributed by atoms with E-state index in [0.29, 0.717) is 18.9 Å². The van der Waals surface area contributed by atoms with Gasteiger partial charge >= 0.3 is 6.18 Å². The molecule has 16 heteroatoms. The number of alkyl halides is 3. The van der Waals surface area contributed by atoms with Crippen LogP contribution in [0.2, 0.25) is 0 Å². The van der Waals surface area contributed by atoms with Crippen LogP contribution >= 0.6 is 0 Å². The number of aromatic hydroxyl groups is 1. The summed E-state index contributed by atoms with van der Waals surface area (Å²) in [6, 6.07) is 6.91. The van der Waals surface area contributed by atoms with E-state index in [1.165, 1.54) is 22.9 Å². The van der Waals surface area contributed by atoms with Crippen molar-refractivity contribution in [1.29, 1.82) is 0 Å². The van der Waals surface area contributed by atoms with Crippen molar-refractivity contribution in [2.24, 2.45) is 11.3 Å². The normalized spacial score (nSPS) is 21.7.